The first kappa shape index (κ1) is 20.1. The van der Waals surface area contributed by atoms with Crippen molar-refractivity contribution in [1.29, 1.82) is 0 Å². The molecule has 2 aromatic rings. The van der Waals surface area contributed by atoms with Crippen LogP contribution in [0.2, 0.25) is 0 Å². The van der Waals surface area contributed by atoms with Crippen LogP contribution in [0.3, 0.4) is 0 Å². The number of benzene rings is 1. The molecular formula is C22H28N2O4. The van der Waals surface area contributed by atoms with Gasteiger partial charge in [0.1, 0.15) is 5.76 Å². The van der Waals surface area contributed by atoms with E-state index in [9.17, 15) is 9.59 Å². The third kappa shape index (κ3) is 4.43. The van der Waals surface area contributed by atoms with E-state index < -0.39 is 12.1 Å². The number of nitrogens with zero attached hydrogens (tertiary/aromatic N) is 1. The summed E-state index contributed by atoms with van der Waals surface area (Å²) in [5.74, 6) is 0.774. The molecule has 0 unspecified atom stereocenters. The third-order valence-electron chi connectivity index (χ3n) is 5.70. The molecule has 4 atom stereocenters. The molecule has 3 rings (SSSR count). The van der Waals surface area contributed by atoms with Crippen molar-refractivity contribution in [2.45, 2.75) is 59.1 Å². The summed E-state index contributed by atoms with van der Waals surface area (Å²) in [6.45, 7) is 7.61. The van der Waals surface area contributed by atoms with Crippen molar-refractivity contribution < 1.29 is 18.7 Å². The number of carbonyl (C=O) groups excluding carboxylic acids is 2. The van der Waals surface area contributed by atoms with Crippen molar-refractivity contribution in [3.8, 4) is 11.5 Å². The Kier molecular flexibility index (Phi) is 6.17. The minimum atomic E-state index is -0.895. The average Bonchev–Trinajstić information content (AvgIpc) is 3.08. The summed E-state index contributed by atoms with van der Waals surface area (Å²) in [5.41, 5.74) is 0.869. The van der Waals surface area contributed by atoms with E-state index in [1.165, 1.54) is 6.42 Å². The number of ether oxygens (including phenoxy) is 1. The molecule has 0 bridgehead atoms. The zero-order valence-corrected chi connectivity index (χ0v) is 16.9. The molecule has 1 aromatic heterocycles. The van der Waals surface area contributed by atoms with Crippen LogP contribution >= 0.6 is 0 Å². The van der Waals surface area contributed by atoms with Gasteiger partial charge in [-0.3, -0.25) is 4.79 Å². The number of aromatic nitrogens is 1. The van der Waals surface area contributed by atoms with Crippen LogP contribution in [0.5, 0.6) is 0 Å². The van der Waals surface area contributed by atoms with Crippen LogP contribution in [-0.4, -0.2) is 29.0 Å². The van der Waals surface area contributed by atoms with Crippen molar-refractivity contribution >= 4 is 11.9 Å². The highest BCUT2D eigenvalue weighted by molar-refractivity contribution is 5.91. The number of oxazole rings is 1. The molecule has 0 radical (unpaired) electrons. The van der Waals surface area contributed by atoms with Crippen LogP contribution in [0.4, 0.5) is 0 Å². The Labute approximate surface area is 165 Å². The van der Waals surface area contributed by atoms with Gasteiger partial charge in [-0.1, -0.05) is 44.9 Å². The maximum absolute atomic E-state index is 12.5. The van der Waals surface area contributed by atoms with Gasteiger partial charge in [-0.25, -0.2) is 9.78 Å². The predicted molar refractivity (Wildman–Crippen MR) is 106 cm³/mol. The standard InChI is InChI=1S/C22H28N2O4/c1-13-9-8-12-18(14(13)2)23-20(25)16(4)28-22(26)19-15(3)27-21(24-19)17-10-6-5-7-11-17/h5-7,10-11,13-14,16,18H,8-9,12H2,1-4H3,(H,23,25)/t13-,14-,16-,18-/m0/s1. The van der Waals surface area contributed by atoms with Gasteiger partial charge in [0.2, 0.25) is 5.89 Å². The van der Waals surface area contributed by atoms with Crippen molar-refractivity contribution in [1.82, 2.24) is 10.3 Å². The second kappa shape index (κ2) is 8.59. The molecule has 0 spiro atoms. The molecule has 1 aliphatic rings. The Hall–Kier alpha value is -2.63. The monoisotopic (exact) mass is 384 g/mol. The highest BCUT2D eigenvalue weighted by atomic mass is 16.5. The molecule has 1 aromatic carbocycles. The van der Waals surface area contributed by atoms with Crippen LogP contribution in [0.25, 0.3) is 11.5 Å². The van der Waals surface area contributed by atoms with E-state index in [2.05, 4.69) is 24.1 Å². The zero-order valence-electron chi connectivity index (χ0n) is 16.9. The number of amides is 1. The Morgan fingerprint density at radius 1 is 1.21 bits per heavy atom. The lowest BCUT2D eigenvalue weighted by molar-refractivity contribution is -0.130. The molecule has 6 heteroatoms. The van der Waals surface area contributed by atoms with Gasteiger partial charge in [-0.15, -0.1) is 0 Å². The molecule has 28 heavy (non-hydrogen) atoms. The van der Waals surface area contributed by atoms with E-state index in [1.54, 1.807) is 13.8 Å². The first-order chi connectivity index (χ1) is 13.4. The van der Waals surface area contributed by atoms with E-state index in [0.717, 1.165) is 18.4 Å². The minimum Gasteiger partial charge on any atom is -0.448 e. The summed E-state index contributed by atoms with van der Waals surface area (Å²) in [6.07, 6.45) is 2.35. The topological polar surface area (TPSA) is 81.4 Å². The maximum Gasteiger partial charge on any atom is 0.361 e. The quantitative estimate of drug-likeness (QED) is 0.784. The molecule has 150 valence electrons. The fourth-order valence-corrected chi connectivity index (χ4v) is 3.65. The summed E-state index contributed by atoms with van der Waals surface area (Å²) in [5, 5.41) is 3.04. The van der Waals surface area contributed by atoms with Gasteiger partial charge in [-0.2, -0.15) is 0 Å². The lowest BCUT2D eigenvalue weighted by Crippen LogP contribution is -2.47. The third-order valence-corrected chi connectivity index (χ3v) is 5.70. The Morgan fingerprint density at radius 2 is 1.93 bits per heavy atom. The summed E-state index contributed by atoms with van der Waals surface area (Å²) < 4.78 is 11.0. The Balaban J connectivity index is 1.62. The largest absolute Gasteiger partial charge is 0.448 e. The maximum atomic E-state index is 12.5. The van der Waals surface area contributed by atoms with Gasteiger partial charge >= 0.3 is 5.97 Å². The van der Waals surface area contributed by atoms with Crippen LogP contribution in [0.15, 0.2) is 34.7 Å². The van der Waals surface area contributed by atoms with Gasteiger partial charge in [0.15, 0.2) is 11.8 Å². The summed E-state index contributed by atoms with van der Waals surface area (Å²) in [6, 6.07) is 9.45. The van der Waals surface area contributed by atoms with Crippen molar-refractivity contribution in [3.63, 3.8) is 0 Å². The summed E-state index contributed by atoms with van der Waals surface area (Å²) in [7, 11) is 0. The van der Waals surface area contributed by atoms with Crippen LogP contribution in [-0.2, 0) is 9.53 Å². The normalized spacial score (nSPS) is 23.1. The van der Waals surface area contributed by atoms with E-state index in [-0.39, 0.29) is 17.6 Å². The van der Waals surface area contributed by atoms with Gasteiger partial charge < -0.3 is 14.5 Å². The molecule has 1 aliphatic carbocycles. The molecule has 6 nitrogen and oxygen atoms in total. The number of esters is 1. The number of hydrogen-bond acceptors (Lipinski definition) is 5. The highest BCUT2D eigenvalue weighted by Crippen LogP contribution is 2.29. The Morgan fingerprint density at radius 3 is 2.64 bits per heavy atom. The fourth-order valence-electron chi connectivity index (χ4n) is 3.65. The van der Waals surface area contributed by atoms with E-state index >= 15 is 0 Å². The Bertz CT molecular complexity index is 830. The molecule has 1 N–H and O–H groups in total. The molecule has 1 saturated carbocycles. The predicted octanol–water partition coefficient (Wildman–Crippen LogP) is 4.14. The number of aryl methyl sites for hydroxylation is 1. The fraction of sp³-hybridized carbons (Fsp3) is 0.500. The second-order valence-corrected chi connectivity index (χ2v) is 7.72. The number of rotatable bonds is 5. The van der Waals surface area contributed by atoms with Crippen molar-refractivity contribution in [2.75, 3.05) is 0 Å². The van der Waals surface area contributed by atoms with Gasteiger partial charge in [0, 0.05) is 11.6 Å². The van der Waals surface area contributed by atoms with E-state index in [0.29, 0.717) is 23.5 Å². The highest BCUT2D eigenvalue weighted by Gasteiger charge is 2.31. The van der Waals surface area contributed by atoms with Gasteiger partial charge in [0.05, 0.1) is 0 Å². The van der Waals surface area contributed by atoms with Crippen LogP contribution < -0.4 is 5.32 Å². The number of carbonyl (C=O) groups is 2. The lowest BCUT2D eigenvalue weighted by atomic mass is 9.78. The van der Waals surface area contributed by atoms with Gasteiger partial charge in [-0.05, 0) is 44.2 Å². The van der Waals surface area contributed by atoms with E-state index in [4.69, 9.17) is 9.15 Å². The molecule has 0 saturated heterocycles. The minimum absolute atomic E-state index is 0.0955. The summed E-state index contributed by atoms with van der Waals surface area (Å²) in [4.78, 5) is 29.3. The molecule has 1 fully saturated rings. The van der Waals surface area contributed by atoms with E-state index in [1.807, 2.05) is 30.3 Å². The molecule has 1 heterocycles. The van der Waals surface area contributed by atoms with Crippen molar-refractivity contribution in [2.24, 2.45) is 11.8 Å². The molecule has 1 amide bonds. The molecular weight excluding hydrogens is 356 g/mol. The van der Waals surface area contributed by atoms with Gasteiger partial charge in [0.25, 0.3) is 5.91 Å². The first-order valence-electron chi connectivity index (χ1n) is 9.91. The first-order valence-corrected chi connectivity index (χ1v) is 9.91. The number of hydrogen-bond donors (Lipinski definition) is 1. The van der Waals surface area contributed by atoms with Crippen molar-refractivity contribution in [3.05, 3.63) is 41.8 Å². The van der Waals surface area contributed by atoms with Crippen LogP contribution in [0.1, 0.15) is 56.3 Å². The number of nitrogens with one attached hydrogen (secondary N) is 1. The smallest absolute Gasteiger partial charge is 0.361 e. The molecule has 0 aliphatic heterocycles. The zero-order chi connectivity index (χ0) is 20.3. The average molecular weight is 384 g/mol. The SMILES string of the molecule is Cc1oc(-c2ccccc2)nc1C(=O)O[C@@H](C)C(=O)N[C@H]1CCC[C@H](C)[C@@H]1C. The second-order valence-electron chi connectivity index (χ2n) is 7.72. The summed E-state index contributed by atoms with van der Waals surface area (Å²) >= 11 is 0. The van der Waals surface area contributed by atoms with Crippen LogP contribution in [0, 0.1) is 18.8 Å². The lowest BCUT2D eigenvalue weighted by Gasteiger charge is -2.35.